The van der Waals surface area contributed by atoms with Crippen LogP contribution in [0.5, 0.6) is 0 Å². The van der Waals surface area contributed by atoms with Gasteiger partial charge in [-0.2, -0.15) is 0 Å². The van der Waals surface area contributed by atoms with Gasteiger partial charge in [0.15, 0.2) is 0 Å². The molecule has 0 aliphatic carbocycles. The third-order valence-corrected chi connectivity index (χ3v) is 4.38. The van der Waals surface area contributed by atoms with Crippen LogP contribution in [0.4, 0.5) is 10.1 Å². The van der Waals surface area contributed by atoms with Crippen molar-refractivity contribution in [3.05, 3.63) is 82.2 Å². The van der Waals surface area contributed by atoms with Crippen molar-refractivity contribution >= 4 is 34.4 Å². The number of thioether (sulfide) groups is 1. The van der Waals surface area contributed by atoms with E-state index in [0.717, 1.165) is 11.8 Å². The number of carbonyl (C=O) groups excluding carboxylic acids is 1. The molecule has 0 saturated carbocycles. The van der Waals surface area contributed by atoms with Crippen molar-refractivity contribution in [2.45, 2.75) is 6.92 Å². The molecule has 0 atom stereocenters. The number of aliphatic hydroxyl groups is 1. The molecule has 1 heterocycles. The molecule has 0 fully saturated rings. The fourth-order valence-corrected chi connectivity index (χ4v) is 3.24. The lowest BCUT2D eigenvalue weighted by molar-refractivity contribution is -0.107. The predicted molar refractivity (Wildman–Crippen MR) is 95.8 cm³/mol. The maximum atomic E-state index is 13.0. The van der Waals surface area contributed by atoms with Gasteiger partial charge in [-0.15, -0.1) is 0 Å². The highest BCUT2D eigenvalue weighted by Gasteiger charge is 2.30. The Kier molecular flexibility index (Phi) is 4.62. The number of rotatable bonds is 3. The van der Waals surface area contributed by atoms with Crippen molar-refractivity contribution < 1.29 is 14.3 Å². The smallest absolute Gasteiger partial charge is 0.229 e. The summed E-state index contributed by atoms with van der Waals surface area (Å²) >= 11 is 0.943. The summed E-state index contributed by atoms with van der Waals surface area (Å²) in [6.07, 6.45) is 1.65. The van der Waals surface area contributed by atoms with Gasteiger partial charge < -0.3 is 5.11 Å². The maximum absolute atomic E-state index is 13.0. The first-order valence-electron chi connectivity index (χ1n) is 7.28. The van der Waals surface area contributed by atoms with Gasteiger partial charge in [0, 0.05) is 0 Å². The van der Waals surface area contributed by atoms with Gasteiger partial charge in [-0.25, -0.2) is 4.39 Å². The monoisotopic (exact) mass is 339 g/mol. The van der Waals surface area contributed by atoms with Crippen LogP contribution in [0.15, 0.2) is 75.8 Å². The minimum absolute atomic E-state index is 0.0912. The van der Waals surface area contributed by atoms with Gasteiger partial charge in [0.25, 0.3) is 0 Å². The zero-order valence-corrected chi connectivity index (χ0v) is 13.7. The Morgan fingerprint density at radius 1 is 1.12 bits per heavy atom. The number of aliphatic imine (C=N–C) groups is 1. The zero-order valence-electron chi connectivity index (χ0n) is 12.9. The molecule has 0 spiro atoms. The number of benzene rings is 2. The van der Waals surface area contributed by atoms with E-state index in [9.17, 15) is 14.3 Å². The number of nitrogens with zero attached hydrogens (tertiary/aromatic N) is 1. The molecule has 120 valence electrons. The number of aliphatic hydroxyl groups excluding tert-OH is 1. The van der Waals surface area contributed by atoms with E-state index in [2.05, 4.69) is 4.99 Å². The van der Waals surface area contributed by atoms with Gasteiger partial charge in [-0.1, -0.05) is 30.3 Å². The highest BCUT2D eigenvalue weighted by molar-refractivity contribution is 8.18. The first kappa shape index (κ1) is 16.2. The number of para-hydroxylation sites is 1. The molecule has 0 radical (unpaired) electrons. The Balaban J connectivity index is 1.95. The predicted octanol–water partition coefficient (Wildman–Crippen LogP) is 5.04. The summed E-state index contributed by atoms with van der Waals surface area (Å²) < 4.78 is 13.0. The molecule has 5 heteroatoms. The van der Waals surface area contributed by atoms with Crippen LogP contribution >= 0.6 is 11.8 Å². The average molecular weight is 339 g/mol. The highest BCUT2D eigenvalue weighted by Crippen LogP contribution is 2.38. The third-order valence-electron chi connectivity index (χ3n) is 3.46. The van der Waals surface area contributed by atoms with E-state index >= 15 is 0 Å². The van der Waals surface area contributed by atoms with E-state index < -0.39 is 0 Å². The van der Waals surface area contributed by atoms with Crippen LogP contribution in [0, 0.1) is 5.82 Å². The Hall–Kier alpha value is -2.66. The first-order chi connectivity index (χ1) is 11.5. The standard InChI is InChI=1S/C19H14FNO2S/c1-12(21-15-5-3-2-4-6-15)17-18(22)16(24-19(17)23)11-13-7-9-14(20)10-8-13/h2-11,22H,1H3/b16-11+,21-12?. The molecule has 0 bridgehead atoms. The largest absolute Gasteiger partial charge is 0.506 e. The Labute approximate surface area is 143 Å². The Morgan fingerprint density at radius 2 is 1.79 bits per heavy atom. The van der Waals surface area contributed by atoms with Gasteiger partial charge in [0.05, 0.1) is 21.9 Å². The van der Waals surface area contributed by atoms with E-state index in [1.165, 1.54) is 12.1 Å². The Morgan fingerprint density at radius 3 is 2.46 bits per heavy atom. The van der Waals surface area contributed by atoms with E-state index in [-0.39, 0.29) is 22.3 Å². The minimum atomic E-state index is -0.335. The normalized spacial score (nSPS) is 17.0. The number of halogens is 1. The summed E-state index contributed by atoms with van der Waals surface area (Å²) in [4.78, 5) is 17.1. The van der Waals surface area contributed by atoms with Crippen LogP contribution < -0.4 is 0 Å². The minimum Gasteiger partial charge on any atom is -0.506 e. The van der Waals surface area contributed by atoms with Crippen molar-refractivity contribution in [3.63, 3.8) is 0 Å². The molecule has 2 aromatic carbocycles. The topological polar surface area (TPSA) is 49.7 Å². The van der Waals surface area contributed by atoms with Crippen molar-refractivity contribution in [1.29, 1.82) is 0 Å². The lowest BCUT2D eigenvalue weighted by Crippen LogP contribution is -2.04. The first-order valence-corrected chi connectivity index (χ1v) is 8.10. The van der Waals surface area contributed by atoms with Crippen molar-refractivity contribution in [2.24, 2.45) is 4.99 Å². The molecule has 0 aromatic heterocycles. The molecule has 1 N–H and O–H groups in total. The van der Waals surface area contributed by atoms with Crippen molar-refractivity contribution in [1.82, 2.24) is 0 Å². The van der Waals surface area contributed by atoms with Crippen LogP contribution in [-0.4, -0.2) is 15.9 Å². The van der Waals surface area contributed by atoms with E-state index in [4.69, 9.17) is 0 Å². The van der Waals surface area contributed by atoms with Gasteiger partial charge in [-0.3, -0.25) is 9.79 Å². The second-order valence-electron chi connectivity index (χ2n) is 5.21. The molecule has 24 heavy (non-hydrogen) atoms. The lowest BCUT2D eigenvalue weighted by atomic mass is 10.1. The second-order valence-corrected chi connectivity index (χ2v) is 6.22. The summed E-state index contributed by atoms with van der Waals surface area (Å²) in [7, 11) is 0. The van der Waals surface area contributed by atoms with E-state index in [1.807, 2.05) is 30.3 Å². The van der Waals surface area contributed by atoms with Gasteiger partial charge in [0.2, 0.25) is 5.12 Å². The molecule has 3 rings (SSSR count). The van der Waals surface area contributed by atoms with Crippen LogP contribution in [-0.2, 0) is 4.79 Å². The fraction of sp³-hybridized carbons (Fsp3) is 0.0526. The molecular formula is C19H14FNO2S. The molecule has 1 aliphatic heterocycles. The SMILES string of the molecule is CC(=Nc1ccccc1)C1=C(O)/C(=C\c2ccc(F)cc2)SC1=O. The molecular weight excluding hydrogens is 325 g/mol. The van der Waals surface area contributed by atoms with Crippen molar-refractivity contribution in [3.8, 4) is 0 Å². The third kappa shape index (κ3) is 3.46. The molecule has 0 unspecified atom stereocenters. The summed E-state index contributed by atoms with van der Waals surface area (Å²) in [6, 6.07) is 15.1. The quantitative estimate of drug-likeness (QED) is 0.797. The fourth-order valence-electron chi connectivity index (χ4n) is 2.30. The van der Waals surface area contributed by atoms with Gasteiger partial charge in [-0.05, 0) is 54.6 Å². The summed E-state index contributed by atoms with van der Waals surface area (Å²) in [5.41, 5.74) is 2.08. The van der Waals surface area contributed by atoms with Crippen LogP contribution in [0.25, 0.3) is 6.08 Å². The zero-order chi connectivity index (χ0) is 17.1. The molecule has 3 nitrogen and oxygen atoms in total. The van der Waals surface area contributed by atoms with E-state index in [0.29, 0.717) is 21.9 Å². The summed E-state index contributed by atoms with van der Waals surface area (Å²) in [5, 5.41) is 10.1. The van der Waals surface area contributed by atoms with Gasteiger partial charge in [0.1, 0.15) is 11.6 Å². The molecule has 2 aromatic rings. The maximum Gasteiger partial charge on any atom is 0.229 e. The number of carbonyl (C=O) groups is 1. The van der Waals surface area contributed by atoms with Crippen LogP contribution in [0.3, 0.4) is 0 Å². The summed E-state index contributed by atoms with van der Waals surface area (Å²) in [5.74, 6) is -0.426. The van der Waals surface area contributed by atoms with Crippen molar-refractivity contribution in [2.75, 3.05) is 0 Å². The van der Waals surface area contributed by atoms with E-state index in [1.54, 1.807) is 25.1 Å². The van der Waals surface area contributed by atoms with Gasteiger partial charge >= 0.3 is 0 Å². The summed E-state index contributed by atoms with van der Waals surface area (Å²) in [6.45, 7) is 1.69. The molecule has 1 aliphatic rings. The Bertz CT molecular complexity index is 868. The van der Waals surface area contributed by atoms with Crippen LogP contribution in [0.2, 0.25) is 0 Å². The average Bonchev–Trinajstić information content (AvgIpc) is 2.84. The molecule has 0 amide bonds. The highest BCUT2D eigenvalue weighted by atomic mass is 32.2. The number of hydrogen-bond donors (Lipinski definition) is 1. The number of hydrogen-bond acceptors (Lipinski definition) is 4. The second kappa shape index (κ2) is 6.84. The van der Waals surface area contributed by atoms with Crippen LogP contribution in [0.1, 0.15) is 12.5 Å². The molecule has 0 saturated heterocycles. The lowest BCUT2D eigenvalue weighted by Gasteiger charge is -2.01.